The molecule has 0 saturated heterocycles. The van der Waals surface area contributed by atoms with E-state index in [-0.39, 0.29) is 5.56 Å². The molecule has 0 aromatic heterocycles. The molecule has 0 bridgehead atoms. The standard InChI is InChI=1S/C17H17N3O3/c1-2-11-3-9-14(10-4-11)19-16(22)17(23)20-15(21)12-5-7-13(18)8-6-12/h3-10H,2,18H2,1H3,(H,19,22)(H,20,21,23). The number of amides is 3. The van der Waals surface area contributed by atoms with Crippen molar-refractivity contribution < 1.29 is 14.4 Å². The summed E-state index contributed by atoms with van der Waals surface area (Å²) in [4.78, 5) is 35.4. The highest BCUT2D eigenvalue weighted by Crippen LogP contribution is 2.10. The normalized spacial score (nSPS) is 9.96. The Morgan fingerprint density at radius 2 is 1.52 bits per heavy atom. The van der Waals surface area contributed by atoms with Gasteiger partial charge in [-0.1, -0.05) is 19.1 Å². The fraction of sp³-hybridized carbons (Fsp3) is 0.118. The zero-order valence-electron chi connectivity index (χ0n) is 12.6. The van der Waals surface area contributed by atoms with Crippen LogP contribution in [0.5, 0.6) is 0 Å². The molecule has 118 valence electrons. The van der Waals surface area contributed by atoms with Crippen LogP contribution >= 0.6 is 0 Å². The van der Waals surface area contributed by atoms with E-state index in [1.54, 1.807) is 12.1 Å². The van der Waals surface area contributed by atoms with Crippen molar-refractivity contribution in [1.82, 2.24) is 5.32 Å². The van der Waals surface area contributed by atoms with Crippen molar-refractivity contribution in [2.45, 2.75) is 13.3 Å². The number of nitrogens with one attached hydrogen (secondary N) is 2. The summed E-state index contributed by atoms with van der Waals surface area (Å²) in [6.07, 6.45) is 0.880. The highest BCUT2D eigenvalue weighted by Gasteiger charge is 2.17. The number of nitrogen functional groups attached to an aromatic ring is 1. The van der Waals surface area contributed by atoms with Crippen molar-refractivity contribution in [3.8, 4) is 0 Å². The van der Waals surface area contributed by atoms with E-state index in [0.717, 1.165) is 12.0 Å². The van der Waals surface area contributed by atoms with E-state index in [9.17, 15) is 14.4 Å². The van der Waals surface area contributed by atoms with E-state index < -0.39 is 17.7 Å². The summed E-state index contributed by atoms with van der Waals surface area (Å²) in [7, 11) is 0. The minimum absolute atomic E-state index is 0.243. The van der Waals surface area contributed by atoms with E-state index >= 15 is 0 Å². The maximum atomic E-state index is 11.9. The number of benzene rings is 2. The summed E-state index contributed by atoms with van der Waals surface area (Å²) in [5, 5.41) is 4.46. The number of hydrogen-bond acceptors (Lipinski definition) is 4. The van der Waals surface area contributed by atoms with Gasteiger partial charge in [-0.05, 0) is 48.4 Å². The summed E-state index contributed by atoms with van der Waals surface area (Å²) >= 11 is 0. The van der Waals surface area contributed by atoms with Crippen LogP contribution in [0, 0.1) is 0 Å². The quantitative estimate of drug-likeness (QED) is 0.593. The van der Waals surface area contributed by atoms with Gasteiger partial charge in [-0.2, -0.15) is 0 Å². The molecule has 6 nitrogen and oxygen atoms in total. The molecule has 0 aliphatic rings. The third-order valence-electron chi connectivity index (χ3n) is 3.23. The summed E-state index contributed by atoms with van der Waals surface area (Å²) in [6, 6.07) is 13.1. The van der Waals surface area contributed by atoms with Gasteiger partial charge in [-0.3, -0.25) is 19.7 Å². The molecule has 2 aromatic carbocycles. The monoisotopic (exact) mass is 311 g/mol. The van der Waals surface area contributed by atoms with Crippen molar-refractivity contribution >= 4 is 29.1 Å². The Kier molecular flexibility index (Phi) is 5.09. The fourth-order valence-electron chi connectivity index (χ4n) is 1.88. The number of aryl methyl sites for hydroxylation is 1. The maximum absolute atomic E-state index is 11.9. The van der Waals surface area contributed by atoms with Gasteiger partial charge in [0, 0.05) is 16.9 Å². The number of carbonyl (C=O) groups is 3. The molecule has 0 radical (unpaired) electrons. The van der Waals surface area contributed by atoms with Crippen LogP contribution in [0.1, 0.15) is 22.8 Å². The van der Waals surface area contributed by atoms with E-state index in [2.05, 4.69) is 5.32 Å². The zero-order valence-corrected chi connectivity index (χ0v) is 12.6. The van der Waals surface area contributed by atoms with Gasteiger partial charge in [0.1, 0.15) is 0 Å². The number of rotatable bonds is 3. The second-order valence-corrected chi connectivity index (χ2v) is 4.91. The molecule has 2 aromatic rings. The Labute approximate surface area is 133 Å². The van der Waals surface area contributed by atoms with Gasteiger partial charge in [0.05, 0.1) is 0 Å². The minimum Gasteiger partial charge on any atom is -0.399 e. The van der Waals surface area contributed by atoms with Crippen LogP contribution in [0.3, 0.4) is 0 Å². The lowest BCUT2D eigenvalue weighted by Gasteiger charge is -2.06. The fourth-order valence-corrected chi connectivity index (χ4v) is 1.88. The Hall–Kier alpha value is -3.15. The Morgan fingerprint density at radius 3 is 2.09 bits per heavy atom. The molecule has 0 fully saturated rings. The Bertz CT molecular complexity index is 722. The first kappa shape index (κ1) is 16.2. The zero-order chi connectivity index (χ0) is 16.8. The first-order valence-corrected chi connectivity index (χ1v) is 7.10. The van der Waals surface area contributed by atoms with Gasteiger partial charge >= 0.3 is 11.8 Å². The third-order valence-corrected chi connectivity index (χ3v) is 3.23. The van der Waals surface area contributed by atoms with Crippen LogP contribution in [-0.2, 0) is 16.0 Å². The van der Waals surface area contributed by atoms with Crippen molar-refractivity contribution in [3.63, 3.8) is 0 Å². The van der Waals surface area contributed by atoms with Gasteiger partial charge in [0.15, 0.2) is 0 Å². The predicted molar refractivity (Wildman–Crippen MR) is 87.8 cm³/mol. The molecule has 0 aliphatic heterocycles. The lowest BCUT2D eigenvalue weighted by molar-refractivity contribution is -0.135. The molecule has 4 N–H and O–H groups in total. The van der Waals surface area contributed by atoms with E-state index in [0.29, 0.717) is 11.4 Å². The second kappa shape index (κ2) is 7.22. The summed E-state index contributed by atoms with van der Waals surface area (Å²) in [5.41, 5.74) is 7.87. The van der Waals surface area contributed by atoms with Crippen molar-refractivity contribution in [1.29, 1.82) is 0 Å². The molecular weight excluding hydrogens is 294 g/mol. The average molecular weight is 311 g/mol. The summed E-state index contributed by atoms with van der Waals surface area (Å²) in [5.74, 6) is -2.59. The number of nitrogens with two attached hydrogens (primary N) is 1. The van der Waals surface area contributed by atoms with E-state index in [1.165, 1.54) is 24.3 Å². The van der Waals surface area contributed by atoms with Crippen LogP contribution in [0.15, 0.2) is 48.5 Å². The topological polar surface area (TPSA) is 101 Å². The maximum Gasteiger partial charge on any atom is 0.316 e. The lowest BCUT2D eigenvalue weighted by Crippen LogP contribution is -2.39. The van der Waals surface area contributed by atoms with Gasteiger partial charge in [0.25, 0.3) is 5.91 Å². The minimum atomic E-state index is -1.02. The molecule has 0 heterocycles. The van der Waals surface area contributed by atoms with Gasteiger partial charge < -0.3 is 11.1 Å². The average Bonchev–Trinajstić information content (AvgIpc) is 2.56. The smallest absolute Gasteiger partial charge is 0.316 e. The van der Waals surface area contributed by atoms with Crippen LogP contribution < -0.4 is 16.4 Å². The first-order chi connectivity index (χ1) is 11.0. The molecule has 0 spiro atoms. The van der Waals surface area contributed by atoms with Crippen LogP contribution in [0.25, 0.3) is 0 Å². The van der Waals surface area contributed by atoms with Crippen molar-refractivity contribution in [2.24, 2.45) is 0 Å². The molecular formula is C17H17N3O3. The largest absolute Gasteiger partial charge is 0.399 e. The summed E-state index contributed by atoms with van der Waals surface area (Å²) < 4.78 is 0. The Balaban J connectivity index is 1.95. The van der Waals surface area contributed by atoms with Gasteiger partial charge in [-0.15, -0.1) is 0 Å². The van der Waals surface area contributed by atoms with Crippen molar-refractivity contribution in [3.05, 3.63) is 59.7 Å². The molecule has 0 saturated carbocycles. The number of carbonyl (C=O) groups excluding carboxylic acids is 3. The summed E-state index contributed by atoms with van der Waals surface area (Å²) in [6.45, 7) is 2.02. The molecule has 0 unspecified atom stereocenters. The number of imide groups is 1. The molecule has 3 amide bonds. The molecule has 6 heteroatoms. The predicted octanol–water partition coefficient (Wildman–Crippen LogP) is 1.73. The first-order valence-electron chi connectivity index (χ1n) is 7.10. The Morgan fingerprint density at radius 1 is 0.913 bits per heavy atom. The third kappa shape index (κ3) is 4.41. The lowest BCUT2D eigenvalue weighted by atomic mass is 10.1. The van der Waals surface area contributed by atoms with Crippen molar-refractivity contribution in [2.75, 3.05) is 11.1 Å². The van der Waals surface area contributed by atoms with E-state index in [4.69, 9.17) is 5.73 Å². The van der Waals surface area contributed by atoms with Crippen LogP contribution in [0.2, 0.25) is 0 Å². The molecule has 0 aliphatic carbocycles. The number of anilines is 2. The van der Waals surface area contributed by atoms with Crippen LogP contribution in [-0.4, -0.2) is 17.7 Å². The highest BCUT2D eigenvalue weighted by molar-refractivity contribution is 6.42. The molecule has 0 atom stereocenters. The van der Waals surface area contributed by atoms with Crippen LogP contribution in [0.4, 0.5) is 11.4 Å². The molecule has 2 rings (SSSR count). The van der Waals surface area contributed by atoms with E-state index in [1.807, 2.05) is 24.4 Å². The van der Waals surface area contributed by atoms with Gasteiger partial charge in [0.2, 0.25) is 0 Å². The molecule has 23 heavy (non-hydrogen) atoms. The highest BCUT2D eigenvalue weighted by atomic mass is 16.2. The number of hydrogen-bond donors (Lipinski definition) is 3. The SMILES string of the molecule is CCc1ccc(NC(=O)C(=O)NC(=O)c2ccc(N)cc2)cc1. The second-order valence-electron chi connectivity index (χ2n) is 4.91. The van der Waals surface area contributed by atoms with Gasteiger partial charge in [-0.25, -0.2) is 0 Å².